The van der Waals surface area contributed by atoms with Crippen molar-refractivity contribution in [1.29, 1.82) is 0 Å². The zero-order valence-electron chi connectivity index (χ0n) is 9.34. The van der Waals surface area contributed by atoms with Crippen molar-refractivity contribution in [2.75, 3.05) is 5.32 Å². The van der Waals surface area contributed by atoms with Crippen LogP contribution in [0.5, 0.6) is 0 Å². The number of hydrogen-bond acceptors (Lipinski definition) is 2. The molecule has 0 saturated heterocycles. The fraction of sp³-hybridized carbons (Fsp3) is 0. The molecule has 2 rings (SSSR count). The molecule has 1 aromatic heterocycles. The van der Waals surface area contributed by atoms with Crippen molar-refractivity contribution in [2.24, 2.45) is 0 Å². The summed E-state index contributed by atoms with van der Waals surface area (Å²) in [7, 11) is 0. The van der Waals surface area contributed by atoms with Gasteiger partial charge in [-0.3, -0.25) is 9.59 Å². The van der Waals surface area contributed by atoms with Gasteiger partial charge >= 0.3 is 0 Å². The topological polar surface area (TPSA) is 62.0 Å². The molecule has 4 nitrogen and oxygen atoms in total. The average molecular weight is 268 g/mol. The summed E-state index contributed by atoms with van der Waals surface area (Å²) in [5.41, 5.74) is -1.40. The lowest BCUT2D eigenvalue weighted by Gasteiger charge is -2.06. The van der Waals surface area contributed by atoms with Crippen molar-refractivity contribution < 1.29 is 18.0 Å². The Bertz CT molecular complexity index is 698. The van der Waals surface area contributed by atoms with E-state index >= 15 is 0 Å². The Labute approximate surface area is 104 Å². The standard InChI is InChI=1S/C12H7F3N2O2/c13-7-3-9(15)10(4-8(7)14)17-12(19)6-5-16-2-1-11(6)18/h1-5H,(H,16,18)(H,17,19). The quantitative estimate of drug-likeness (QED) is 0.819. The Morgan fingerprint density at radius 1 is 1.11 bits per heavy atom. The van der Waals surface area contributed by atoms with Crippen LogP contribution in [-0.2, 0) is 0 Å². The number of halogens is 3. The lowest BCUT2D eigenvalue weighted by Crippen LogP contribution is -2.21. The predicted molar refractivity (Wildman–Crippen MR) is 61.3 cm³/mol. The fourth-order valence-electron chi connectivity index (χ4n) is 1.40. The van der Waals surface area contributed by atoms with Gasteiger partial charge in [0.15, 0.2) is 17.1 Å². The maximum Gasteiger partial charge on any atom is 0.261 e. The van der Waals surface area contributed by atoms with E-state index in [4.69, 9.17) is 0 Å². The summed E-state index contributed by atoms with van der Waals surface area (Å²) in [6.45, 7) is 0. The molecule has 0 atom stereocenters. The van der Waals surface area contributed by atoms with Crippen LogP contribution in [0.25, 0.3) is 0 Å². The molecule has 2 N–H and O–H groups in total. The second kappa shape index (κ2) is 4.97. The van der Waals surface area contributed by atoms with Crippen molar-refractivity contribution in [3.63, 3.8) is 0 Å². The highest BCUT2D eigenvalue weighted by atomic mass is 19.2. The van der Waals surface area contributed by atoms with E-state index in [0.717, 1.165) is 12.3 Å². The SMILES string of the molecule is O=C(Nc1cc(F)c(F)cc1F)c1c[nH]ccc1=O. The van der Waals surface area contributed by atoms with E-state index in [1.54, 1.807) is 0 Å². The summed E-state index contributed by atoms with van der Waals surface area (Å²) in [5, 5.41) is 1.99. The smallest absolute Gasteiger partial charge is 0.261 e. The van der Waals surface area contributed by atoms with Crippen LogP contribution < -0.4 is 10.7 Å². The lowest BCUT2D eigenvalue weighted by molar-refractivity contribution is 0.102. The monoisotopic (exact) mass is 268 g/mol. The highest BCUT2D eigenvalue weighted by Gasteiger charge is 2.15. The van der Waals surface area contributed by atoms with Gasteiger partial charge in [0.2, 0.25) is 0 Å². The Hall–Kier alpha value is -2.57. The normalized spacial score (nSPS) is 10.3. The number of H-pyrrole nitrogens is 1. The van der Waals surface area contributed by atoms with Gasteiger partial charge < -0.3 is 10.3 Å². The molecule has 98 valence electrons. The van der Waals surface area contributed by atoms with Gasteiger partial charge in [0, 0.05) is 30.6 Å². The van der Waals surface area contributed by atoms with Gasteiger partial charge in [-0.2, -0.15) is 0 Å². The highest BCUT2D eigenvalue weighted by Crippen LogP contribution is 2.18. The van der Waals surface area contributed by atoms with Crippen molar-refractivity contribution in [1.82, 2.24) is 4.98 Å². The van der Waals surface area contributed by atoms with Crippen LogP contribution in [0.4, 0.5) is 18.9 Å². The molecular weight excluding hydrogens is 261 g/mol. The van der Waals surface area contributed by atoms with Gasteiger partial charge in [-0.25, -0.2) is 13.2 Å². The average Bonchev–Trinajstić information content (AvgIpc) is 2.36. The number of aromatic nitrogens is 1. The summed E-state index contributed by atoms with van der Waals surface area (Å²) >= 11 is 0. The Balaban J connectivity index is 2.32. The maximum absolute atomic E-state index is 13.3. The first kappa shape index (κ1) is 12.9. The Morgan fingerprint density at radius 2 is 1.79 bits per heavy atom. The fourth-order valence-corrected chi connectivity index (χ4v) is 1.40. The van der Waals surface area contributed by atoms with Gasteiger partial charge in [0.25, 0.3) is 5.91 Å². The summed E-state index contributed by atoms with van der Waals surface area (Å²) in [4.78, 5) is 25.5. The van der Waals surface area contributed by atoms with E-state index in [2.05, 4.69) is 4.98 Å². The maximum atomic E-state index is 13.3. The minimum atomic E-state index is -1.37. The molecule has 0 fully saturated rings. The number of rotatable bonds is 2. The van der Waals surface area contributed by atoms with Gasteiger partial charge in [-0.1, -0.05) is 0 Å². The number of pyridine rings is 1. The van der Waals surface area contributed by atoms with Crippen molar-refractivity contribution >= 4 is 11.6 Å². The molecule has 2 aromatic rings. The minimum absolute atomic E-state index is 0.272. The van der Waals surface area contributed by atoms with Gasteiger partial charge in [-0.15, -0.1) is 0 Å². The summed E-state index contributed by atoms with van der Waals surface area (Å²) in [5.74, 6) is -4.74. The van der Waals surface area contributed by atoms with Crippen molar-refractivity contribution in [3.8, 4) is 0 Å². The van der Waals surface area contributed by atoms with Gasteiger partial charge in [-0.05, 0) is 0 Å². The van der Waals surface area contributed by atoms with E-state index < -0.39 is 34.5 Å². The van der Waals surface area contributed by atoms with E-state index in [0.29, 0.717) is 12.1 Å². The largest absolute Gasteiger partial charge is 0.367 e. The van der Waals surface area contributed by atoms with E-state index in [1.165, 1.54) is 6.20 Å². The lowest BCUT2D eigenvalue weighted by atomic mass is 10.2. The van der Waals surface area contributed by atoms with Crippen LogP contribution >= 0.6 is 0 Å². The van der Waals surface area contributed by atoms with Gasteiger partial charge in [0.05, 0.1) is 5.69 Å². The second-order valence-electron chi connectivity index (χ2n) is 3.62. The molecule has 1 aromatic carbocycles. The third-order valence-electron chi connectivity index (χ3n) is 2.33. The minimum Gasteiger partial charge on any atom is -0.367 e. The van der Waals surface area contributed by atoms with Crippen molar-refractivity contribution in [3.05, 3.63) is 63.8 Å². The molecule has 0 bridgehead atoms. The molecule has 0 aliphatic carbocycles. The number of hydrogen-bond donors (Lipinski definition) is 2. The molecule has 1 amide bonds. The third kappa shape index (κ3) is 2.65. The molecule has 0 unspecified atom stereocenters. The zero-order chi connectivity index (χ0) is 14.0. The number of aromatic amines is 1. The van der Waals surface area contributed by atoms with E-state index in [-0.39, 0.29) is 5.56 Å². The highest BCUT2D eigenvalue weighted by molar-refractivity contribution is 6.04. The van der Waals surface area contributed by atoms with Gasteiger partial charge in [0.1, 0.15) is 11.4 Å². The first-order valence-corrected chi connectivity index (χ1v) is 5.12. The van der Waals surface area contributed by atoms with Crippen LogP contribution in [0.3, 0.4) is 0 Å². The summed E-state index contributed by atoms with van der Waals surface area (Å²) in [6.07, 6.45) is 2.44. The number of carbonyl (C=O) groups excluding carboxylic acids is 1. The molecule has 0 saturated carbocycles. The van der Waals surface area contributed by atoms with Crippen LogP contribution in [0.1, 0.15) is 10.4 Å². The first-order chi connectivity index (χ1) is 8.99. The van der Waals surface area contributed by atoms with Crippen LogP contribution in [0.15, 0.2) is 35.4 Å². The summed E-state index contributed by atoms with van der Waals surface area (Å²) < 4.78 is 38.9. The molecule has 0 aliphatic rings. The Morgan fingerprint density at radius 3 is 2.47 bits per heavy atom. The predicted octanol–water partition coefficient (Wildman–Crippen LogP) is 2.04. The van der Waals surface area contributed by atoms with Crippen LogP contribution in [-0.4, -0.2) is 10.9 Å². The molecular formula is C12H7F3N2O2. The number of nitrogens with one attached hydrogen (secondary N) is 2. The Kier molecular flexibility index (Phi) is 3.37. The number of carbonyl (C=O) groups is 1. The number of benzene rings is 1. The van der Waals surface area contributed by atoms with E-state index in [9.17, 15) is 22.8 Å². The molecule has 0 aliphatic heterocycles. The molecule has 0 radical (unpaired) electrons. The zero-order valence-corrected chi connectivity index (χ0v) is 9.34. The van der Waals surface area contributed by atoms with Crippen LogP contribution in [0, 0.1) is 17.5 Å². The van der Waals surface area contributed by atoms with E-state index in [1.807, 2.05) is 5.32 Å². The number of anilines is 1. The summed E-state index contributed by atoms with van der Waals surface area (Å²) in [6, 6.07) is 1.91. The molecule has 19 heavy (non-hydrogen) atoms. The van der Waals surface area contributed by atoms with Crippen molar-refractivity contribution in [2.45, 2.75) is 0 Å². The number of amides is 1. The molecule has 1 heterocycles. The second-order valence-corrected chi connectivity index (χ2v) is 3.62. The first-order valence-electron chi connectivity index (χ1n) is 5.12. The van der Waals surface area contributed by atoms with Crippen LogP contribution in [0.2, 0.25) is 0 Å². The third-order valence-corrected chi connectivity index (χ3v) is 2.33. The molecule has 0 spiro atoms. The molecule has 7 heteroatoms.